The van der Waals surface area contributed by atoms with Crippen LogP contribution in [0.2, 0.25) is 0 Å². The van der Waals surface area contributed by atoms with E-state index in [0.717, 1.165) is 12.1 Å². The van der Waals surface area contributed by atoms with E-state index in [4.69, 9.17) is 18.7 Å². The first kappa shape index (κ1) is 19.1. The van der Waals surface area contributed by atoms with Crippen LogP contribution < -0.4 is 4.74 Å². The predicted molar refractivity (Wildman–Crippen MR) is 86.8 cm³/mol. The first-order chi connectivity index (χ1) is 12.5. The molecule has 0 saturated heterocycles. The standard InChI is InChI=1S/C17H17FN2O6/c1-3-15(21)23-8-4-5-9-24-17(22)25-12-6-7-13(14(18)10-12)16-19-11(2)26-20-16/h3,6-7,10H,1,4-5,8-9H2,2H3. The molecule has 0 atom stereocenters. The average Bonchev–Trinajstić information content (AvgIpc) is 3.03. The van der Waals surface area contributed by atoms with Crippen LogP contribution in [-0.2, 0) is 14.3 Å². The first-order valence-electron chi connectivity index (χ1n) is 7.73. The highest BCUT2D eigenvalue weighted by Crippen LogP contribution is 2.24. The monoisotopic (exact) mass is 364 g/mol. The van der Waals surface area contributed by atoms with E-state index in [1.807, 2.05) is 0 Å². The van der Waals surface area contributed by atoms with Crippen molar-refractivity contribution in [3.63, 3.8) is 0 Å². The molecule has 0 spiro atoms. The molecule has 138 valence electrons. The van der Waals surface area contributed by atoms with Crippen LogP contribution in [0.3, 0.4) is 0 Å². The molecule has 9 heteroatoms. The maximum Gasteiger partial charge on any atom is 0.513 e. The zero-order valence-electron chi connectivity index (χ0n) is 14.1. The number of ether oxygens (including phenoxy) is 3. The van der Waals surface area contributed by atoms with Gasteiger partial charge >= 0.3 is 12.1 Å². The van der Waals surface area contributed by atoms with Crippen molar-refractivity contribution < 1.29 is 32.7 Å². The van der Waals surface area contributed by atoms with Gasteiger partial charge in [0.15, 0.2) is 0 Å². The first-order valence-corrected chi connectivity index (χ1v) is 7.73. The second kappa shape index (κ2) is 9.30. The van der Waals surface area contributed by atoms with Gasteiger partial charge in [-0.15, -0.1) is 0 Å². The summed E-state index contributed by atoms with van der Waals surface area (Å²) < 4.78 is 33.4. The number of halogens is 1. The highest BCUT2D eigenvalue weighted by molar-refractivity contribution is 5.81. The average molecular weight is 364 g/mol. The van der Waals surface area contributed by atoms with Crippen molar-refractivity contribution in [1.29, 1.82) is 0 Å². The summed E-state index contributed by atoms with van der Waals surface area (Å²) >= 11 is 0. The molecule has 0 N–H and O–H groups in total. The Balaban J connectivity index is 1.76. The predicted octanol–water partition coefficient (Wildman–Crippen LogP) is 3.21. The van der Waals surface area contributed by atoms with Crippen molar-refractivity contribution in [1.82, 2.24) is 10.1 Å². The summed E-state index contributed by atoms with van der Waals surface area (Å²) in [6, 6.07) is 3.79. The number of aromatic nitrogens is 2. The van der Waals surface area contributed by atoms with Gasteiger partial charge in [0.25, 0.3) is 0 Å². The minimum atomic E-state index is -0.962. The molecule has 0 saturated carbocycles. The topological polar surface area (TPSA) is 101 Å². The molecule has 0 fully saturated rings. The quantitative estimate of drug-likeness (QED) is 0.305. The van der Waals surface area contributed by atoms with Gasteiger partial charge in [0.05, 0.1) is 18.8 Å². The Morgan fingerprint density at radius 2 is 2.00 bits per heavy atom. The van der Waals surface area contributed by atoms with E-state index >= 15 is 0 Å². The van der Waals surface area contributed by atoms with Crippen LogP contribution in [-0.4, -0.2) is 35.5 Å². The Labute approximate surface area is 148 Å². The van der Waals surface area contributed by atoms with E-state index in [2.05, 4.69) is 16.7 Å². The number of unbranched alkanes of at least 4 members (excludes halogenated alkanes) is 1. The van der Waals surface area contributed by atoms with Gasteiger partial charge in [-0.3, -0.25) is 0 Å². The number of aryl methyl sites for hydroxylation is 1. The summed E-state index contributed by atoms with van der Waals surface area (Å²) in [5.74, 6) is -0.780. The fraction of sp³-hybridized carbons (Fsp3) is 0.294. The number of carbonyl (C=O) groups is 2. The van der Waals surface area contributed by atoms with Crippen molar-refractivity contribution in [2.45, 2.75) is 19.8 Å². The summed E-state index contributed by atoms with van der Waals surface area (Å²) in [4.78, 5) is 26.3. The van der Waals surface area contributed by atoms with E-state index in [-0.39, 0.29) is 30.4 Å². The highest BCUT2D eigenvalue weighted by Gasteiger charge is 2.14. The lowest BCUT2D eigenvalue weighted by atomic mass is 10.2. The van der Waals surface area contributed by atoms with Gasteiger partial charge in [0.2, 0.25) is 11.7 Å². The van der Waals surface area contributed by atoms with Crippen molar-refractivity contribution in [3.8, 4) is 17.1 Å². The van der Waals surface area contributed by atoms with Gasteiger partial charge in [0.1, 0.15) is 11.6 Å². The molecular weight excluding hydrogens is 347 g/mol. The third kappa shape index (κ3) is 5.69. The van der Waals surface area contributed by atoms with Crippen LogP contribution >= 0.6 is 0 Å². The highest BCUT2D eigenvalue weighted by atomic mass is 19.1. The van der Waals surface area contributed by atoms with E-state index < -0.39 is 17.9 Å². The Morgan fingerprint density at radius 1 is 1.27 bits per heavy atom. The molecule has 2 aromatic rings. The zero-order valence-corrected chi connectivity index (χ0v) is 14.1. The van der Waals surface area contributed by atoms with Crippen LogP contribution in [0.25, 0.3) is 11.4 Å². The normalized spacial score (nSPS) is 10.2. The Bertz CT molecular complexity index is 789. The molecule has 0 aliphatic rings. The van der Waals surface area contributed by atoms with Gasteiger partial charge in [0, 0.05) is 19.1 Å². The summed E-state index contributed by atoms with van der Waals surface area (Å²) in [7, 11) is 0. The number of carbonyl (C=O) groups excluding carboxylic acids is 2. The Hall–Kier alpha value is -3.23. The van der Waals surface area contributed by atoms with Gasteiger partial charge in [-0.05, 0) is 25.0 Å². The zero-order chi connectivity index (χ0) is 18.9. The van der Waals surface area contributed by atoms with E-state index in [1.54, 1.807) is 6.92 Å². The molecule has 0 aliphatic carbocycles. The van der Waals surface area contributed by atoms with Gasteiger partial charge in [-0.25, -0.2) is 14.0 Å². The Kier molecular flexibility index (Phi) is 6.84. The minimum Gasteiger partial charge on any atom is -0.463 e. The van der Waals surface area contributed by atoms with Gasteiger partial charge < -0.3 is 18.7 Å². The number of hydrogen-bond donors (Lipinski definition) is 0. The lowest BCUT2D eigenvalue weighted by Gasteiger charge is -2.07. The molecule has 0 amide bonds. The molecule has 26 heavy (non-hydrogen) atoms. The lowest BCUT2D eigenvalue weighted by molar-refractivity contribution is -0.137. The molecule has 0 aliphatic heterocycles. The summed E-state index contributed by atoms with van der Waals surface area (Å²) in [5.41, 5.74) is 0.122. The lowest BCUT2D eigenvalue weighted by Crippen LogP contribution is -2.12. The molecule has 0 bridgehead atoms. The molecular formula is C17H17FN2O6. The number of nitrogens with zero attached hydrogens (tertiary/aromatic N) is 2. The third-order valence-electron chi connectivity index (χ3n) is 3.08. The molecule has 1 aromatic carbocycles. The molecule has 2 rings (SSSR count). The fourth-order valence-corrected chi connectivity index (χ4v) is 1.87. The van der Waals surface area contributed by atoms with Crippen LogP contribution in [0, 0.1) is 12.7 Å². The smallest absolute Gasteiger partial charge is 0.463 e. The molecule has 1 heterocycles. The molecule has 0 radical (unpaired) electrons. The number of hydrogen-bond acceptors (Lipinski definition) is 8. The van der Waals surface area contributed by atoms with Crippen LogP contribution in [0.1, 0.15) is 18.7 Å². The molecule has 1 aromatic heterocycles. The second-order valence-corrected chi connectivity index (χ2v) is 5.06. The maximum absolute atomic E-state index is 14.1. The minimum absolute atomic E-state index is 0.0172. The van der Waals surface area contributed by atoms with E-state index in [9.17, 15) is 14.0 Å². The fourth-order valence-electron chi connectivity index (χ4n) is 1.87. The van der Waals surface area contributed by atoms with Crippen molar-refractivity contribution in [2.75, 3.05) is 13.2 Å². The van der Waals surface area contributed by atoms with Crippen molar-refractivity contribution >= 4 is 12.1 Å². The molecule has 0 unspecified atom stereocenters. The van der Waals surface area contributed by atoms with Gasteiger partial charge in [-0.2, -0.15) is 4.98 Å². The summed E-state index contributed by atoms with van der Waals surface area (Å²) in [6.45, 7) is 5.13. The third-order valence-corrected chi connectivity index (χ3v) is 3.08. The summed E-state index contributed by atoms with van der Waals surface area (Å²) in [5, 5.41) is 3.62. The maximum atomic E-state index is 14.1. The Morgan fingerprint density at radius 3 is 2.62 bits per heavy atom. The van der Waals surface area contributed by atoms with Crippen LogP contribution in [0.5, 0.6) is 5.75 Å². The number of esters is 1. The van der Waals surface area contributed by atoms with E-state index in [1.165, 1.54) is 12.1 Å². The number of rotatable bonds is 8. The van der Waals surface area contributed by atoms with Crippen molar-refractivity contribution in [2.24, 2.45) is 0 Å². The van der Waals surface area contributed by atoms with E-state index in [0.29, 0.717) is 18.7 Å². The molecule has 8 nitrogen and oxygen atoms in total. The SMILES string of the molecule is C=CC(=O)OCCCCOC(=O)Oc1ccc(-c2noc(C)n2)c(F)c1. The van der Waals surface area contributed by atoms with Crippen LogP contribution in [0.4, 0.5) is 9.18 Å². The largest absolute Gasteiger partial charge is 0.513 e. The number of benzene rings is 1. The summed E-state index contributed by atoms with van der Waals surface area (Å²) in [6.07, 6.45) is 1.10. The van der Waals surface area contributed by atoms with Crippen LogP contribution in [0.15, 0.2) is 35.4 Å². The van der Waals surface area contributed by atoms with Gasteiger partial charge in [-0.1, -0.05) is 11.7 Å². The van der Waals surface area contributed by atoms with Crippen molar-refractivity contribution in [3.05, 3.63) is 42.6 Å². The second-order valence-electron chi connectivity index (χ2n) is 5.06.